The lowest BCUT2D eigenvalue weighted by molar-refractivity contribution is 0.208. The van der Waals surface area contributed by atoms with Crippen molar-refractivity contribution in [2.24, 2.45) is 0 Å². The molecule has 3 aromatic rings. The topological polar surface area (TPSA) is 108 Å². The average molecular weight is 491 g/mol. The van der Waals surface area contributed by atoms with E-state index in [-0.39, 0.29) is 6.03 Å². The van der Waals surface area contributed by atoms with Gasteiger partial charge in [-0.25, -0.2) is 14.6 Å². The van der Waals surface area contributed by atoms with Crippen LogP contribution in [0.5, 0.6) is 11.5 Å². The van der Waals surface area contributed by atoms with Gasteiger partial charge in [0.05, 0.1) is 19.9 Å². The highest BCUT2D eigenvalue weighted by Crippen LogP contribution is 2.34. The molecule has 0 spiro atoms. The van der Waals surface area contributed by atoms with Crippen LogP contribution in [-0.2, 0) is 0 Å². The molecule has 2 heterocycles. The Labute approximate surface area is 210 Å². The smallest absolute Gasteiger partial charge is 0.323 e. The van der Waals surface area contributed by atoms with Gasteiger partial charge in [0.25, 0.3) is 0 Å². The predicted molar refractivity (Wildman–Crippen MR) is 140 cm³/mol. The summed E-state index contributed by atoms with van der Waals surface area (Å²) in [4.78, 5) is 33.4. The number of para-hydroxylation sites is 1. The Hall–Kier alpha value is -4.47. The monoisotopic (exact) mass is 490 g/mol. The summed E-state index contributed by atoms with van der Waals surface area (Å²) in [5.74, 6) is 1.57. The van der Waals surface area contributed by atoms with Crippen LogP contribution in [0.15, 0.2) is 60.8 Å². The van der Waals surface area contributed by atoms with Gasteiger partial charge in [0.1, 0.15) is 5.82 Å². The molecule has 4 rings (SSSR count). The van der Waals surface area contributed by atoms with Gasteiger partial charge in [0, 0.05) is 43.8 Å². The van der Waals surface area contributed by atoms with Crippen LogP contribution in [0.1, 0.15) is 5.56 Å². The van der Waals surface area contributed by atoms with Crippen molar-refractivity contribution < 1.29 is 19.1 Å². The standard InChI is InChI=1S/C26H30N6O4/c1-18-6-5-13-27-24(18)30-26(34)32-16-14-31(15-17-32)20-11-9-19(10-12-20)28-25(33)29-21-7-4-8-22(35-2)23(21)36-3/h4-13H,14-17H2,1-3H3,(H,27,30,34)(H2,28,29,33). The third-order valence-corrected chi connectivity index (χ3v) is 5.94. The molecule has 1 aromatic heterocycles. The quantitative estimate of drug-likeness (QED) is 0.473. The van der Waals surface area contributed by atoms with Gasteiger partial charge in [0.15, 0.2) is 11.5 Å². The molecular formula is C26H30N6O4. The van der Waals surface area contributed by atoms with Gasteiger partial charge < -0.3 is 29.9 Å². The third-order valence-electron chi connectivity index (χ3n) is 5.94. The van der Waals surface area contributed by atoms with Gasteiger partial charge in [-0.3, -0.25) is 5.32 Å². The Bertz CT molecular complexity index is 1210. The number of nitrogens with zero attached hydrogens (tertiary/aromatic N) is 3. The maximum atomic E-state index is 12.6. The van der Waals surface area contributed by atoms with E-state index in [1.54, 1.807) is 36.4 Å². The Balaban J connectivity index is 1.29. The van der Waals surface area contributed by atoms with E-state index < -0.39 is 6.03 Å². The second-order valence-corrected chi connectivity index (χ2v) is 8.24. The molecule has 1 saturated heterocycles. The van der Waals surface area contributed by atoms with Gasteiger partial charge in [0.2, 0.25) is 0 Å². The highest BCUT2D eigenvalue weighted by atomic mass is 16.5. The molecule has 1 aliphatic rings. The lowest BCUT2D eigenvalue weighted by atomic mass is 10.2. The number of carbonyl (C=O) groups excluding carboxylic acids is 2. The minimum atomic E-state index is -0.392. The number of benzene rings is 2. The number of piperazine rings is 1. The number of aryl methyl sites for hydroxylation is 1. The Morgan fingerprint density at radius 3 is 2.28 bits per heavy atom. The zero-order valence-electron chi connectivity index (χ0n) is 20.6. The Morgan fingerprint density at radius 1 is 0.861 bits per heavy atom. The summed E-state index contributed by atoms with van der Waals surface area (Å²) in [6.45, 7) is 4.53. The van der Waals surface area contributed by atoms with Crippen molar-refractivity contribution in [2.75, 3.05) is 61.2 Å². The molecule has 4 amide bonds. The van der Waals surface area contributed by atoms with Crippen molar-refractivity contribution in [3.63, 3.8) is 0 Å². The van der Waals surface area contributed by atoms with E-state index >= 15 is 0 Å². The summed E-state index contributed by atoms with van der Waals surface area (Å²) in [7, 11) is 3.06. The van der Waals surface area contributed by atoms with Gasteiger partial charge in [-0.1, -0.05) is 12.1 Å². The van der Waals surface area contributed by atoms with Crippen LogP contribution in [0.3, 0.4) is 0 Å². The van der Waals surface area contributed by atoms with Crippen molar-refractivity contribution in [3.8, 4) is 11.5 Å². The summed E-state index contributed by atoms with van der Waals surface area (Å²) in [5, 5.41) is 8.50. The Morgan fingerprint density at radius 2 is 1.61 bits per heavy atom. The number of ether oxygens (including phenoxy) is 2. The molecule has 0 unspecified atom stereocenters. The summed E-state index contributed by atoms with van der Waals surface area (Å²) in [5.41, 5.74) is 3.11. The minimum absolute atomic E-state index is 0.144. The number of methoxy groups -OCH3 is 2. The first-order valence-corrected chi connectivity index (χ1v) is 11.6. The number of urea groups is 2. The van der Waals surface area contributed by atoms with E-state index in [1.165, 1.54) is 7.11 Å². The first kappa shape index (κ1) is 24.6. The van der Waals surface area contributed by atoms with Crippen LogP contribution in [0.2, 0.25) is 0 Å². The van der Waals surface area contributed by atoms with E-state index in [1.807, 2.05) is 43.3 Å². The van der Waals surface area contributed by atoms with Crippen LogP contribution in [-0.4, -0.2) is 62.3 Å². The normalized spacial score (nSPS) is 13.1. The number of aromatic nitrogens is 1. The first-order valence-electron chi connectivity index (χ1n) is 11.6. The molecule has 10 nitrogen and oxygen atoms in total. The highest BCUT2D eigenvalue weighted by molar-refractivity contribution is 6.01. The molecule has 1 fully saturated rings. The van der Waals surface area contributed by atoms with Crippen LogP contribution in [0, 0.1) is 6.92 Å². The van der Waals surface area contributed by atoms with Crippen molar-refractivity contribution in [2.45, 2.75) is 6.92 Å². The fraction of sp³-hybridized carbons (Fsp3) is 0.269. The van der Waals surface area contributed by atoms with Gasteiger partial charge >= 0.3 is 12.1 Å². The molecule has 0 saturated carbocycles. The van der Waals surface area contributed by atoms with E-state index in [0.29, 0.717) is 54.9 Å². The molecule has 36 heavy (non-hydrogen) atoms. The zero-order valence-corrected chi connectivity index (χ0v) is 20.6. The van der Waals surface area contributed by atoms with Crippen molar-refractivity contribution in [3.05, 3.63) is 66.4 Å². The maximum Gasteiger partial charge on any atom is 0.323 e. The predicted octanol–water partition coefficient (Wildman–Crippen LogP) is 4.41. The second-order valence-electron chi connectivity index (χ2n) is 8.24. The number of nitrogens with one attached hydrogen (secondary N) is 3. The third kappa shape index (κ3) is 5.77. The van der Waals surface area contributed by atoms with Crippen molar-refractivity contribution in [1.82, 2.24) is 9.88 Å². The van der Waals surface area contributed by atoms with Crippen LogP contribution in [0.25, 0.3) is 0 Å². The second kappa shape index (κ2) is 11.3. The van der Waals surface area contributed by atoms with Gasteiger partial charge in [-0.05, 0) is 55.0 Å². The van der Waals surface area contributed by atoms with Crippen LogP contribution >= 0.6 is 0 Å². The number of carbonyl (C=O) groups is 2. The lowest BCUT2D eigenvalue weighted by Gasteiger charge is -2.36. The van der Waals surface area contributed by atoms with Crippen molar-refractivity contribution in [1.29, 1.82) is 0 Å². The van der Waals surface area contributed by atoms with Crippen LogP contribution < -0.4 is 30.3 Å². The molecule has 2 aromatic carbocycles. The van der Waals surface area contributed by atoms with Gasteiger partial charge in [-0.2, -0.15) is 0 Å². The van der Waals surface area contributed by atoms with Crippen LogP contribution in [0.4, 0.5) is 32.5 Å². The number of amides is 4. The number of rotatable bonds is 6. The molecular weight excluding hydrogens is 460 g/mol. The molecule has 1 aliphatic heterocycles. The fourth-order valence-corrected chi connectivity index (χ4v) is 3.99. The first-order chi connectivity index (χ1) is 17.5. The number of anilines is 4. The van der Waals surface area contributed by atoms with Crippen molar-refractivity contribution >= 4 is 34.9 Å². The molecule has 3 N–H and O–H groups in total. The summed E-state index contributed by atoms with van der Waals surface area (Å²) >= 11 is 0. The number of pyridine rings is 1. The minimum Gasteiger partial charge on any atom is -0.493 e. The van der Waals surface area contributed by atoms with E-state index in [4.69, 9.17) is 9.47 Å². The highest BCUT2D eigenvalue weighted by Gasteiger charge is 2.22. The van der Waals surface area contributed by atoms with E-state index in [0.717, 1.165) is 11.3 Å². The molecule has 0 radical (unpaired) electrons. The zero-order chi connectivity index (χ0) is 25.5. The molecule has 0 atom stereocenters. The Kier molecular flexibility index (Phi) is 7.74. The average Bonchev–Trinajstić information content (AvgIpc) is 2.90. The van der Waals surface area contributed by atoms with Gasteiger partial charge in [-0.15, -0.1) is 0 Å². The SMILES string of the molecule is COc1cccc(NC(=O)Nc2ccc(N3CCN(C(=O)Nc4ncccc4C)CC3)cc2)c1OC. The molecule has 0 bridgehead atoms. The molecule has 188 valence electrons. The largest absolute Gasteiger partial charge is 0.493 e. The van der Waals surface area contributed by atoms with E-state index in [9.17, 15) is 9.59 Å². The lowest BCUT2D eigenvalue weighted by Crippen LogP contribution is -2.50. The van der Waals surface area contributed by atoms with E-state index in [2.05, 4.69) is 25.8 Å². The summed E-state index contributed by atoms with van der Waals surface area (Å²) < 4.78 is 10.6. The number of hydrogen-bond acceptors (Lipinski definition) is 6. The maximum absolute atomic E-state index is 12.6. The molecule has 0 aliphatic carbocycles. The summed E-state index contributed by atoms with van der Waals surface area (Å²) in [6.07, 6.45) is 1.67. The summed E-state index contributed by atoms with van der Waals surface area (Å²) in [6, 6.07) is 16.1. The molecule has 10 heteroatoms. The fourth-order valence-electron chi connectivity index (χ4n) is 3.99. The number of hydrogen-bond donors (Lipinski definition) is 3.